The van der Waals surface area contributed by atoms with Crippen molar-refractivity contribution in [2.75, 3.05) is 11.5 Å². The molecule has 4 nitrogen and oxygen atoms in total. The molecule has 1 aromatic carbocycles. The summed E-state index contributed by atoms with van der Waals surface area (Å²) in [6.07, 6.45) is 1.86. The molecule has 6 heteroatoms. The second-order valence-electron chi connectivity index (χ2n) is 5.61. The van der Waals surface area contributed by atoms with Crippen LogP contribution in [0.25, 0.3) is 10.9 Å². The number of hydroxylamine groups is 1. The standard InChI is InChI=1S/C15H19FN2O2S/c1-21(19)6-2-3-13(10-21)18-20-9-14-8-11-7-12(16)4-5-15(11)17-14/h4-5,7-8,13,17-18H,1-3,6,9-10H2/t13-,21?/m1/s1. The van der Waals surface area contributed by atoms with Gasteiger partial charge in [0.15, 0.2) is 0 Å². The van der Waals surface area contributed by atoms with Crippen LogP contribution in [0.4, 0.5) is 4.39 Å². The van der Waals surface area contributed by atoms with Crippen LogP contribution < -0.4 is 5.48 Å². The third-order valence-electron chi connectivity index (χ3n) is 3.69. The van der Waals surface area contributed by atoms with Crippen LogP contribution in [0.2, 0.25) is 0 Å². The highest BCUT2D eigenvalue weighted by atomic mass is 32.2. The molecule has 2 atom stereocenters. The molecule has 0 radical (unpaired) electrons. The minimum atomic E-state index is -1.94. The first-order chi connectivity index (χ1) is 10.0. The van der Waals surface area contributed by atoms with Gasteiger partial charge in [0.2, 0.25) is 0 Å². The van der Waals surface area contributed by atoms with Crippen LogP contribution in [0.15, 0.2) is 24.3 Å². The van der Waals surface area contributed by atoms with Crippen molar-refractivity contribution in [3.63, 3.8) is 0 Å². The molecule has 1 aromatic heterocycles. The normalized spacial score (nSPS) is 26.2. The van der Waals surface area contributed by atoms with Crippen LogP contribution in [0.3, 0.4) is 0 Å². The Morgan fingerprint density at radius 1 is 1.48 bits per heavy atom. The number of rotatable bonds is 4. The SMILES string of the molecule is C=S1(=O)CCC[C@@H](NOCc2cc3cc(F)ccc3[nH]2)C1. The second kappa shape index (κ2) is 5.79. The van der Waals surface area contributed by atoms with E-state index in [-0.39, 0.29) is 11.9 Å². The Balaban J connectivity index is 1.57. The summed E-state index contributed by atoms with van der Waals surface area (Å²) in [4.78, 5) is 8.66. The maximum absolute atomic E-state index is 13.1. The van der Waals surface area contributed by atoms with Crippen molar-refractivity contribution in [3.8, 4) is 0 Å². The lowest BCUT2D eigenvalue weighted by Crippen LogP contribution is -2.39. The number of fused-ring (bicyclic) bond motifs is 1. The quantitative estimate of drug-likeness (QED) is 0.672. The topological polar surface area (TPSA) is 54.1 Å². The summed E-state index contributed by atoms with van der Waals surface area (Å²) in [6.45, 7) is 0.352. The molecule has 0 spiro atoms. The number of hydrogen-bond acceptors (Lipinski definition) is 3. The van der Waals surface area contributed by atoms with Gasteiger partial charge in [-0.15, -0.1) is 0 Å². The molecule has 1 saturated heterocycles. The van der Waals surface area contributed by atoms with Crippen molar-refractivity contribution in [2.45, 2.75) is 25.5 Å². The van der Waals surface area contributed by atoms with E-state index in [1.807, 2.05) is 6.07 Å². The smallest absolute Gasteiger partial charge is 0.123 e. The number of aromatic nitrogens is 1. The highest BCUT2D eigenvalue weighted by Crippen LogP contribution is 2.17. The highest BCUT2D eigenvalue weighted by Gasteiger charge is 2.20. The second-order valence-corrected chi connectivity index (χ2v) is 8.28. The molecule has 1 fully saturated rings. The first kappa shape index (κ1) is 14.6. The first-order valence-electron chi connectivity index (χ1n) is 6.99. The Morgan fingerprint density at radius 3 is 3.14 bits per heavy atom. The van der Waals surface area contributed by atoms with E-state index in [9.17, 15) is 8.60 Å². The average molecular weight is 310 g/mol. The molecule has 0 aliphatic carbocycles. The molecule has 1 aliphatic heterocycles. The van der Waals surface area contributed by atoms with E-state index < -0.39 is 9.52 Å². The van der Waals surface area contributed by atoms with Crippen molar-refractivity contribution < 1.29 is 13.4 Å². The summed E-state index contributed by atoms with van der Waals surface area (Å²) in [6, 6.07) is 6.58. The molecule has 114 valence electrons. The predicted octanol–water partition coefficient (Wildman–Crippen LogP) is 2.21. The van der Waals surface area contributed by atoms with Crippen LogP contribution >= 0.6 is 0 Å². The zero-order valence-electron chi connectivity index (χ0n) is 11.7. The summed E-state index contributed by atoms with van der Waals surface area (Å²) in [7, 11) is -1.94. The zero-order chi connectivity index (χ0) is 14.9. The largest absolute Gasteiger partial charge is 0.356 e. The van der Waals surface area contributed by atoms with Gasteiger partial charge in [0.25, 0.3) is 0 Å². The minimum Gasteiger partial charge on any atom is -0.356 e. The number of nitrogens with one attached hydrogen (secondary N) is 2. The molecular weight excluding hydrogens is 291 g/mol. The van der Waals surface area contributed by atoms with Gasteiger partial charge in [-0.3, -0.25) is 9.05 Å². The average Bonchev–Trinajstić information content (AvgIpc) is 2.79. The number of aromatic amines is 1. The van der Waals surface area contributed by atoms with Gasteiger partial charge in [-0.25, -0.2) is 4.39 Å². The molecule has 21 heavy (non-hydrogen) atoms. The summed E-state index contributed by atoms with van der Waals surface area (Å²) < 4.78 is 25.1. The Hall–Kier alpha value is -1.37. The van der Waals surface area contributed by atoms with E-state index in [1.165, 1.54) is 12.1 Å². The van der Waals surface area contributed by atoms with Crippen LogP contribution in [0.5, 0.6) is 0 Å². The molecule has 0 saturated carbocycles. The van der Waals surface area contributed by atoms with E-state index >= 15 is 0 Å². The van der Waals surface area contributed by atoms with E-state index in [2.05, 4.69) is 16.3 Å². The molecule has 2 heterocycles. The van der Waals surface area contributed by atoms with Crippen molar-refractivity contribution in [1.29, 1.82) is 0 Å². The lowest BCUT2D eigenvalue weighted by Gasteiger charge is -2.25. The Labute approximate surface area is 123 Å². The lowest BCUT2D eigenvalue weighted by molar-refractivity contribution is 0.00455. The summed E-state index contributed by atoms with van der Waals surface area (Å²) >= 11 is 0. The maximum atomic E-state index is 13.1. The van der Waals surface area contributed by atoms with Gasteiger partial charge in [-0.05, 0) is 52.5 Å². The van der Waals surface area contributed by atoms with Gasteiger partial charge in [0.1, 0.15) is 12.4 Å². The summed E-state index contributed by atoms with van der Waals surface area (Å²) in [5.41, 5.74) is 4.72. The van der Waals surface area contributed by atoms with Gasteiger partial charge in [-0.1, -0.05) is 0 Å². The van der Waals surface area contributed by atoms with Gasteiger partial charge < -0.3 is 4.98 Å². The van der Waals surface area contributed by atoms with Gasteiger partial charge >= 0.3 is 0 Å². The lowest BCUT2D eigenvalue weighted by atomic mass is 10.2. The fourth-order valence-electron chi connectivity index (χ4n) is 2.70. The van der Waals surface area contributed by atoms with Crippen LogP contribution in [0.1, 0.15) is 18.5 Å². The van der Waals surface area contributed by atoms with Crippen molar-refractivity contribution in [2.24, 2.45) is 0 Å². The minimum absolute atomic E-state index is 0.0885. The van der Waals surface area contributed by atoms with Crippen LogP contribution in [-0.4, -0.2) is 32.6 Å². The molecule has 1 aliphatic rings. The maximum Gasteiger partial charge on any atom is 0.123 e. The number of H-pyrrole nitrogens is 1. The van der Waals surface area contributed by atoms with Crippen LogP contribution in [-0.2, 0) is 21.0 Å². The predicted molar refractivity (Wildman–Crippen MR) is 84.2 cm³/mol. The third-order valence-corrected chi connectivity index (χ3v) is 5.73. The van der Waals surface area contributed by atoms with Crippen molar-refractivity contribution >= 4 is 26.3 Å². The highest BCUT2D eigenvalue weighted by molar-refractivity contribution is 8.00. The van der Waals surface area contributed by atoms with Crippen molar-refractivity contribution in [3.05, 3.63) is 35.8 Å². The van der Waals surface area contributed by atoms with Crippen LogP contribution in [0, 0.1) is 5.82 Å². The molecular formula is C15H19FN2O2S. The molecule has 0 amide bonds. The summed E-state index contributed by atoms with van der Waals surface area (Å²) in [5, 5.41) is 0.826. The Bertz CT molecular complexity index is 739. The van der Waals surface area contributed by atoms with E-state index in [0.29, 0.717) is 18.1 Å². The Kier molecular flexibility index (Phi) is 4.01. The molecule has 2 aromatic rings. The number of halogens is 1. The monoisotopic (exact) mass is 310 g/mol. The molecule has 0 bridgehead atoms. The van der Waals surface area contributed by atoms with E-state index in [0.717, 1.165) is 29.4 Å². The fourth-order valence-corrected chi connectivity index (χ4v) is 4.53. The molecule has 3 rings (SSSR count). The Morgan fingerprint density at radius 2 is 2.33 bits per heavy atom. The van der Waals surface area contributed by atoms with Gasteiger partial charge in [0.05, 0.1) is 0 Å². The van der Waals surface area contributed by atoms with E-state index in [1.54, 1.807) is 6.07 Å². The number of hydrogen-bond donors (Lipinski definition) is 2. The molecule has 1 unspecified atom stereocenters. The molecule has 2 N–H and O–H groups in total. The number of benzene rings is 1. The van der Waals surface area contributed by atoms with Gasteiger partial charge in [0, 0.05) is 34.1 Å². The van der Waals surface area contributed by atoms with Crippen molar-refractivity contribution in [1.82, 2.24) is 10.5 Å². The summed E-state index contributed by atoms with van der Waals surface area (Å²) in [5.74, 6) is 4.79. The third kappa shape index (κ3) is 3.64. The van der Waals surface area contributed by atoms with Gasteiger partial charge in [-0.2, -0.15) is 5.48 Å². The zero-order valence-corrected chi connectivity index (χ0v) is 12.5. The fraction of sp³-hybridized carbons (Fsp3) is 0.400. The van der Waals surface area contributed by atoms with E-state index in [4.69, 9.17) is 4.84 Å². The first-order valence-corrected chi connectivity index (χ1v) is 9.05.